The number of carbonyl (C=O) groups excluding carboxylic acids is 1. The lowest BCUT2D eigenvalue weighted by atomic mass is 10.0. The molecule has 0 aliphatic rings. The summed E-state index contributed by atoms with van der Waals surface area (Å²) in [4.78, 5) is 17.2. The van der Waals surface area contributed by atoms with Crippen molar-refractivity contribution in [3.05, 3.63) is 108 Å². The second-order valence-corrected chi connectivity index (χ2v) is 7.00. The minimum absolute atomic E-state index is 0.0756. The summed E-state index contributed by atoms with van der Waals surface area (Å²) in [5, 5.41) is 8.59. The first-order chi connectivity index (χ1) is 15.7. The maximum Gasteiger partial charge on any atom is 0.265 e. The molecule has 0 bridgehead atoms. The number of hydrogen-bond donors (Lipinski definition) is 1. The van der Waals surface area contributed by atoms with Gasteiger partial charge in [-0.3, -0.25) is 4.79 Å². The number of ether oxygens (including phenoxy) is 1. The fraction of sp³-hybridized carbons (Fsp3) is 0.0769. The van der Waals surface area contributed by atoms with Crippen molar-refractivity contribution in [2.24, 2.45) is 5.16 Å². The molecule has 1 N–H and O–H groups in total. The van der Waals surface area contributed by atoms with Gasteiger partial charge in [0, 0.05) is 16.8 Å². The molecular weight excluding hydrogens is 407 g/mol. The van der Waals surface area contributed by atoms with Crippen molar-refractivity contribution in [1.29, 1.82) is 0 Å². The summed E-state index contributed by atoms with van der Waals surface area (Å²) in [5.74, 6) is -0.105. The average Bonchev–Trinajstić information content (AvgIpc) is 2.82. The third kappa shape index (κ3) is 5.29. The second kappa shape index (κ2) is 10.2. The van der Waals surface area contributed by atoms with Crippen LogP contribution in [0.1, 0.15) is 11.1 Å². The van der Waals surface area contributed by atoms with Gasteiger partial charge in [0.15, 0.2) is 6.61 Å². The number of oxime groups is 1. The molecule has 0 fully saturated rings. The van der Waals surface area contributed by atoms with Crippen LogP contribution in [0.15, 0.2) is 96.2 Å². The molecule has 0 heterocycles. The van der Waals surface area contributed by atoms with Crippen LogP contribution in [0.4, 0.5) is 10.1 Å². The van der Waals surface area contributed by atoms with Gasteiger partial charge in [0.05, 0.1) is 6.21 Å². The van der Waals surface area contributed by atoms with E-state index in [-0.39, 0.29) is 24.9 Å². The minimum Gasteiger partial charge on any atom is -0.488 e. The van der Waals surface area contributed by atoms with E-state index in [2.05, 4.69) is 10.5 Å². The Morgan fingerprint density at radius 2 is 1.66 bits per heavy atom. The number of carbonyl (C=O) groups is 1. The van der Waals surface area contributed by atoms with E-state index < -0.39 is 0 Å². The van der Waals surface area contributed by atoms with Gasteiger partial charge >= 0.3 is 0 Å². The molecule has 4 rings (SSSR count). The van der Waals surface area contributed by atoms with Gasteiger partial charge in [0.1, 0.15) is 18.2 Å². The maximum atomic E-state index is 14.0. The number of para-hydroxylation sites is 1. The van der Waals surface area contributed by atoms with Gasteiger partial charge in [0.25, 0.3) is 5.91 Å². The first-order valence-corrected chi connectivity index (χ1v) is 10.1. The third-order valence-electron chi connectivity index (χ3n) is 4.78. The molecule has 1 amide bonds. The van der Waals surface area contributed by atoms with E-state index in [1.807, 2.05) is 54.6 Å². The first-order valence-electron chi connectivity index (χ1n) is 10.1. The fourth-order valence-corrected chi connectivity index (χ4v) is 3.21. The van der Waals surface area contributed by atoms with Crippen molar-refractivity contribution in [3.8, 4) is 5.75 Å². The summed E-state index contributed by atoms with van der Waals surface area (Å²) >= 11 is 0. The van der Waals surface area contributed by atoms with Gasteiger partial charge in [-0.1, -0.05) is 71.9 Å². The van der Waals surface area contributed by atoms with Crippen LogP contribution >= 0.6 is 0 Å². The number of nitrogens with zero attached hydrogens (tertiary/aromatic N) is 1. The largest absolute Gasteiger partial charge is 0.488 e. The molecule has 0 atom stereocenters. The summed E-state index contributed by atoms with van der Waals surface area (Å²) in [6.45, 7) is -0.159. The van der Waals surface area contributed by atoms with Crippen LogP contribution in [-0.2, 0) is 16.2 Å². The van der Waals surface area contributed by atoms with Crippen LogP contribution in [0.5, 0.6) is 5.75 Å². The molecule has 6 heteroatoms. The number of hydrogen-bond acceptors (Lipinski definition) is 4. The lowest BCUT2D eigenvalue weighted by Gasteiger charge is -2.12. The molecule has 4 aromatic rings. The Hall–Kier alpha value is -4.19. The first kappa shape index (κ1) is 21.1. The zero-order chi connectivity index (χ0) is 22.2. The van der Waals surface area contributed by atoms with Crippen LogP contribution < -0.4 is 10.1 Å². The van der Waals surface area contributed by atoms with Gasteiger partial charge in [0.2, 0.25) is 0 Å². The van der Waals surface area contributed by atoms with Crippen LogP contribution in [0.2, 0.25) is 0 Å². The highest BCUT2D eigenvalue weighted by atomic mass is 19.1. The van der Waals surface area contributed by atoms with Gasteiger partial charge < -0.3 is 14.9 Å². The Balaban J connectivity index is 1.48. The van der Waals surface area contributed by atoms with Crippen molar-refractivity contribution >= 4 is 28.6 Å². The highest BCUT2D eigenvalue weighted by Crippen LogP contribution is 2.27. The summed E-state index contributed by atoms with van der Waals surface area (Å²) in [7, 11) is 0. The molecule has 0 unspecified atom stereocenters. The summed E-state index contributed by atoms with van der Waals surface area (Å²) in [6.07, 6.45) is 1.51. The Bertz CT molecular complexity index is 1240. The molecule has 32 heavy (non-hydrogen) atoms. The van der Waals surface area contributed by atoms with Gasteiger partial charge in [-0.25, -0.2) is 4.39 Å². The van der Waals surface area contributed by atoms with E-state index >= 15 is 0 Å². The molecular formula is C26H21FN2O3. The van der Waals surface area contributed by atoms with Crippen molar-refractivity contribution in [2.45, 2.75) is 6.61 Å². The van der Waals surface area contributed by atoms with Crippen molar-refractivity contribution < 1.29 is 18.8 Å². The lowest BCUT2D eigenvalue weighted by Crippen LogP contribution is -2.16. The molecule has 160 valence electrons. The average molecular weight is 428 g/mol. The number of amides is 1. The monoisotopic (exact) mass is 428 g/mol. The predicted octanol–water partition coefficient (Wildman–Crippen LogP) is 5.55. The Kier molecular flexibility index (Phi) is 6.72. The van der Waals surface area contributed by atoms with E-state index in [1.54, 1.807) is 30.3 Å². The highest BCUT2D eigenvalue weighted by Gasteiger charge is 2.10. The van der Waals surface area contributed by atoms with Gasteiger partial charge in [-0.05, 0) is 35.0 Å². The van der Waals surface area contributed by atoms with Crippen LogP contribution in [0, 0.1) is 5.82 Å². The van der Waals surface area contributed by atoms with Gasteiger partial charge in [-0.2, -0.15) is 0 Å². The molecule has 0 aromatic heterocycles. The van der Waals surface area contributed by atoms with Crippen LogP contribution in [-0.4, -0.2) is 18.7 Å². The standard InChI is InChI=1S/C26H21FN2O3/c27-24-13-7-5-9-20(24)17-31-25-15-14-19-8-4-6-12-22(19)23(25)16-28-32-18-26(30)29-21-10-2-1-3-11-21/h1-16H,17-18H2,(H,29,30). The smallest absolute Gasteiger partial charge is 0.265 e. The van der Waals surface area contributed by atoms with Crippen LogP contribution in [0.25, 0.3) is 10.8 Å². The SMILES string of the molecule is O=C(CON=Cc1c(OCc2ccccc2F)ccc2ccccc12)Nc1ccccc1. The van der Waals surface area contributed by atoms with Gasteiger partial charge in [-0.15, -0.1) is 0 Å². The van der Waals surface area contributed by atoms with Crippen molar-refractivity contribution in [3.63, 3.8) is 0 Å². The molecule has 0 saturated carbocycles. The fourth-order valence-electron chi connectivity index (χ4n) is 3.21. The highest BCUT2D eigenvalue weighted by molar-refractivity contribution is 6.02. The zero-order valence-electron chi connectivity index (χ0n) is 17.2. The minimum atomic E-state index is -0.323. The number of halogens is 1. The molecule has 0 aliphatic heterocycles. The third-order valence-corrected chi connectivity index (χ3v) is 4.78. The molecule has 4 aromatic carbocycles. The summed E-state index contributed by atoms with van der Waals surface area (Å²) in [6, 6.07) is 27.1. The number of benzene rings is 4. The van der Waals surface area contributed by atoms with E-state index in [0.29, 0.717) is 22.6 Å². The quantitative estimate of drug-likeness (QED) is 0.296. The Morgan fingerprint density at radius 1 is 0.906 bits per heavy atom. The lowest BCUT2D eigenvalue weighted by molar-refractivity contribution is -0.120. The zero-order valence-corrected chi connectivity index (χ0v) is 17.2. The normalized spacial score (nSPS) is 10.9. The van der Waals surface area contributed by atoms with E-state index in [0.717, 1.165) is 10.8 Å². The van der Waals surface area contributed by atoms with E-state index in [9.17, 15) is 9.18 Å². The topological polar surface area (TPSA) is 59.9 Å². The molecule has 0 spiro atoms. The maximum absolute atomic E-state index is 14.0. The summed E-state index contributed by atoms with van der Waals surface area (Å²) < 4.78 is 19.9. The predicted molar refractivity (Wildman–Crippen MR) is 123 cm³/mol. The molecule has 5 nitrogen and oxygen atoms in total. The molecule has 0 aliphatic carbocycles. The van der Waals surface area contributed by atoms with Crippen molar-refractivity contribution in [2.75, 3.05) is 11.9 Å². The summed E-state index contributed by atoms with van der Waals surface area (Å²) in [5.41, 5.74) is 1.82. The molecule has 0 saturated heterocycles. The number of anilines is 1. The van der Waals surface area contributed by atoms with E-state index in [4.69, 9.17) is 9.57 Å². The van der Waals surface area contributed by atoms with Crippen molar-refractivity contribution in [1.82, 2.24) is 0 Å². The molecule has 0 radical (unpaired) electrons. The number of fused-ring (bicyclic) bond motifs is 1. The second-order valence-electron chi connectivity index (χ2n) is 7.00. The van der Waals surface area contributed by atoms with Crippen LogP contribution in [0.3, 0.4) is 0 Å². The Morgan fingerprint density at radius 3 is 2.50 bits per heavy atom. The van der Waals surface area contributed by atoms with E-state index in [1.165, 1.54) is 12.3 Å². The number of rotatable bonds is 8. The number of nitrogens with one attached hydrogen (secondary N) is 1. The Labute approximate surface area is 185 Å².